The smallest absolute Gasteiger partial charge is 0.332 e. The molecule has 12 heavy (non-hydrogen) atoms. The van der Waals surface area contributed by atoms with E-state index >= 15 is 0 Å². The number of hydrogen-bond donors (Lipinski definition) is 3. The lowest BCUT2D eigenvalue weighted by Crippen LogP contribution is -2.37. The molecule has 0 fully saturated rings. The van der Waals surface area contributed by atoms with Crippen molar-refractivity contribution in [3.63, 3.8) is 0 Å². The highest BCUT2D eigenvalue weighted by molar-refractivity contribution is 5.71. The number of carbonyl (C=O) groups is 1. The summed E-state index contributed by atoms with van der Waals surface area (Å²) in [5, 5.41) is 28.1. The summed E-state index contributed by atoms with van der Waals surface area (Å²) in [6, 6.07) is -0.612. The van der Waals surface area contributed by atoms with Crippen LogP contribution in [0.4, 0.5) is 0 Å². The van der Waals surface area contributed by atoms with Crippen molar-refractivity contribution < 1.29 is 15.0 Å². The third-order valence-electron chi connectivity index (χ3n) is 1.30. The maximum Gasteiger partial charge on any atom is 0.332 e. The number of carboxylic acids is 1. The number of nitrogens with zero attached hydrogens (tertiary/aromatic N) is 1. The standard InChI is InChI=1S/C6H13N2O4/c1-8(12)3-4(7)2-5(9)6(10)11/h4-5,9H,2-3,7H2,1H3,(H,10,11)/q-1/t4-,5?/m0/s1. The third kappa shape index (κ3) is 5.03. The summed E-state index contributed by atoms with van der Waals surface area (Å²) >= 11 is 0. The Hall–Kier alpha value is -0.690. The second-order valence-corrected chi connectivity index (χ2v) is 2.66. The van der Waals surface area contributed by atoms with Crippen LogP contribution in [0.25, 0.3) is 0 Å². The molecule has 0 aliphatic carbocycles. The second-order valence-electron chi connectivity index (χ2n) is 2.66. The maximum absolute atomic E-state index is 10.4. The van der Waals surface area contributed by atoms with E-state index in [1.54, 1.807) is 0 Å². The summed E-state index contributed by atoms with van der Waals surface area (Å²) in [7, 11) is 1.28. The first kappa shape index (κ1) is 11.3. The molecule has 0 amide bonds. The van der Waals surface area contributed by atoms with Gasteiger partial charge in [-0.3, -0.25) is 0 Å². The fourth-order valence-corrected chi connectivity index (χ4v) is 0.792. The summed E-state index contributed by atoms with van der Waals surface area (Å²) in [5.41, 5.74) is 5.35. The number of carboxylic acid groups (broad SMARTS) is 1. The van der Waals surface area contributed by atoms with Crippen molar-refractivity contribution in [2.24, 2.45) is 5.73 Å². The Kier molecular flexibility index (Phi) is 4.75. The molecule has 1 unspecified atom stereocenters. The van der Waals surface area contributed by atoms with Gasteiger partial charge >= 0.3 is 5.97 Å². The first-order chi connectivity index (χ1) is 5.43. The summed E-state index contributed by atoms with van der Waals surface area (Å²) < 4.78 is 0. The van der Waals surface area contributed by atoms with Gasteiger partial charge < -0.3 is 26.2 Å². The predicted molar refractivity (Wildman–Crippen MR) is 42.2 cm³/mol. The van der Waals surface area contributed by atoms with Crippen LogP contribution < -0.4 is 5.73 Å². The highest BCUT2D eigenvalue weighted by atomic mass is 16.5. The van der Waals surface area contributed by atoms with E-state index in [1.165, 1.54) is 7.05 Å². The molecule has 0 aromatic rings. The van der Waals surface area contributed by atoms with E-state index in [2.05, 4.69) is 0 Å². The number of aliphatic hydroxyl groups excluding tert-OH is 1. The molecule has 0 rings (SSSR count). The van der Waals surface area contributed by atoms with Crippen LogP contribution >= 0.6 is 0 Å². The van der Waals surface area contributed by atoms with Gasteiger partial charge in [0, 0.05) is 19.0 Å². The van der Waals surface area contributed by atoms with Crippen LogP contribution in [0.5, 0.6) is 0 Å². The third-order valence-corrected chi connectivity index (χ3v) is 1.30. The molecule has 0 bridgehead atoms. The molecular weight excluding hydrogens is 164 g/mol. The predicted octanol–water partition coefficient (Wildman–Crippen LogP) is -1.42. The van der Waals surface area contributed by atoms with Gasteiger partial charge in [0.2, 0.25) is 0 Å². The molecule has 0 aromatic heterocycles. The van der Waals surface area contributed by atoms with Crippen LogP contribution in [0, 0.1) is 5.21 Å². The zero-order chi connectivity index (χ0) is 9.72. The molecule has 2 atom stereocenters. The lowest BCUT2D eigenvalue weighted by Gasteiger charge is -2.26. The zero-order valence-corrected chi connectivity index (χ0v) is 6.80. The summed E-state index contributed by atoms with van der Waals surface area (Å²) in [5.74, 6) is -1.32. The number of hydrogen-bond acceptors (Lipinski definition) is 5. The summed E-state index contributed by atoms with van der Waals surface area (Å²) in [6.07, 6.45) is -1.60. The van der Waals surface area contributed by atoms with Crippen LogP contribution in [-0.2, 0) is 4.79 Å². The lowest BCUT2D eigenvalue weighted by atomic mass is 10.1. The molecule has 0 aromatic carbocycles. The molecule has 0 aliphatic rings. The van der Waals surface area contributed by atoms with Gasteiger partial charge in [-0.1, -0.05) is 0 Å². The minimum absolute atomic E-state index is 0.0182. The van der Waals surface area contributed by atoms with E-state index < -0.39 is 18.1 Å². The van der Waals surface area contributed by atoms with Crippen molar-refractivity contribution in [3.8, 4) is 0 Å². The zero-order valence-electron chi connectivity index (χ0n) is 6.80. The van der Waals surface area contributed by atoms with Crippen molar-refractivity contribution in [1.82, 2.24) is 5.06 Å². The molecule has 72 valence electrons. The fraction of sp³-hybridized carbons (Fsp3) is 0.833. The van der Waals surface area contributed by atoms with Crippen molar-refractivity contribution in [2.75, 3.05) is 13.6 Å². The van der Waals surface area contributed by atoms with Gasteiger partial charge in [-0.25, -0.2) is 4.79 Å². The largest absolute Gasteiger partial charge is 0.785 e. The first-order valence-electron chi connectivity index (χ1n) is 3.48. The molecule has 0 saturated heterocycles. The topological polar surface area (TPSA) is 110 Å². The van der Waals surface area contributed by atoms with E-state index in [0.717, 1.165) is 0 Å². The van der Waals surface area contributed by atoms with Crippen molar-refractivity contribution >= 4 is 5.97 Å². The first-order valence-corrected chi connectivity index (χ1v) is 3.48. The SMILES string of the molecule is CN([O-])C[C@@H](N)CC(O)C(=O)O. The van der Waals surface area contributed by atoms with Gasteiger partial charge in [-0.15, -0.1) is 0 Å². The minimum atomic E-state index is -1.49. The van der Waals surface area contributed by atoms with Crippen LogP contribution in [0.2, 0.25) is 0 Å². The van der Waals surface area contributed by atoms with E-state index in [0.29, 0.717) is 5.06 Å². The number of aliphatic hydroxyl groups is 1. The fourth-order valence-electron chi connectivity index (χ4n) is 0.792. The minimum Gasteiger partial charge on any atom is -0.785 e. The van der Waals surface area contributed by atoms with Gasteiger partial charge in [0.25, 0.3) is 0 Å². The van der Waals surface area contributed by atoms with Gasteiger partial charge in [-0.2, -0.15) is 0 Å². The van der Waals surface area contributed by atoms with Crippen LogP contribution in [0.3, 0.4) is 0 Å². The highest BCUT2D eigenvalue weighted by Crippen LogP contribution is 1.97. The Bertz CT molecular complexity index is 150. The van der Waals surface area contributed by atoms with Crippen molar-refractivity contribution in [1.29, 1.82) is 0 Å². The van der Waals surface area contributed by atoms with Gasteiger partial charge in [0.05, 0.1) is 0 Å². The molecule has 4 N–H and O–H groups in total. The summed E-state index contributed by atoms with van der Waals surface area (Å²) in [6.45, 7) is 0.0182. The molecule has 6 heteroatoms. The number of nitrogens with two attached hydrogens (primary N) is 1. The highest BCUT2D eigenvalue weighted by Gasteiger charge is 2.16. The number of hydroxylamine groups is 2. The van der Waals surface area contributed by atoms with Gasteiger partial charge in [-0.05, 0) is 7.05 Å². The lowest BCUT2D eigenvalue weighted by molar-refractivity contribution is -0.147. The second kappa shape index (κ2) is 5.04. The van der Waals surface area contributed by atoms with E-state index in [1.807, 2.05) is 0 Å². The monoisotopic (exact) mass is 177 g/mol. The van der Waals surface area contributed by atoms with Crippen molar-refractivity contribution in [3.05, 3.63) is 5.21 Å². The number of likely N-dealkylation sites (N-methyl/N-ethyl adjacent to an activating group) is 1. The molecule has 0 heterocycles. The number of aliphatic carboxylic acids is 1. The van der Waals surface area contributed by atoms with Crippen LogP contribution in [-0.4, -0.2) is 47.0 Å². The quantitative estimate of drug-likeness (QED) is 0.444. The van der Waals surface area contributed by atoms with E-state index in [9.17, 15) is 10.0 Å². The Morgan fingerprint density at radius 1 is 1.75 bits per heavy atom. The van der Waals surface area contributed by atoms with Crippen molar-refractivity contribution in [2.45, 2.75) is 18.6 Å². The van der Waals surface area contributed by atoms with E-state index in [4.69, 9.17) is 15.9 Å². The van der Waals surface area contributed by atoms with Crippen LogP contribution in [0.1, 0.15) is 6.42 Å². The van der Waals surface area contributed by atoms with Gasteiger partial charge in [0.1, 0.15) is 0 Å². The molecule has 6 nitrogen and oxygen atoms in total. The summed E-state index contributed by atoms with van der Waals surface area (Å²) in [4.78, 5) is 10.1. The Balaban J connectivity index is 3.68. The molecule has 0 radical (unpaired) electrons. The average molecular weight is 177 g/mol. The Labute approximate surface area is 70.2 Å². The van der Waals surface area contributed by atoms with E-state index in [-0.39, 0.29) is 13.0 Å². The Morgan fingerprint density at radius 3 is 2.58 bits per heavy atom. The van der Waals surface area contributed by atoms with Gasteiger partial charge in [0.15, 0.2) is 6.10 Å². The molecular formula is C6H13N2O4-. The molecule has 0 aliphatic heterocycles. The number of rotatable bonds is 5. The molecule has 0 saturated carbocycles. The van der Waals surface area contributed by atoms with Crippen LogP contribution in [0.15, 0.2) is 0 Å². The maximum atomic E-state index is 10.4. The Morgan fingerprint density at radius 2 is 2.25 bits per heavy atom. The normalized spacial score (nSPS) is 16.1. The average Bonchev–Trinajstić information content (AvgIpc) is 1.84. The molecule has 0 spiro atoms.